The van der Waals surface area contributed by atoms with Crippen LogP contribution in [0, 0.1) is 5.92 Å². The number of nitrogens with zero attached hydrogens (tertiary/aromatic N) is 2. The topological polar surface area (TPSA) is 71.5 Å². The molecule has 0 radical (unpaired) electrons. The molecule has 1 atom stereocenters. The number of carbonyl (C=O) groups excluding carboxylic acids is 2. The minimum atomic E-state index is -0.160. The second-order valence-corrected chi connectivity index (χ2v) is 6.25. The number of esters is 1. The molecule has 1 N–H and O–H groups in total. The fourth-order valence-corrected chi connectivity index (χ4v) is 3.26. The third kappa shape index (κ3) is 4.33. The van der Waals surface area contributed by atoms with Crippen LogP contribution >= 0.6 is 0 Å². The van der Waals surface area contributed by atoms with Crippen LogP contribution in [0.15, 0.2) is 36.5 Å². The maximum absolute atomic E-state index is 12.4. The molecule has 132 valence electrons. The first-order valence-electron chi connectivity index (χ1n) is 8.70. The molecule has 1 unspecified atom stereocenters. The maximum atomic E-state index is 12.4. The lowest BCUT2D eigenvalue weighted by Crippen LogP contribution is -2.43. The number of nitrogens with one attached hydrogen (secondary N) is 1. The number of carbonyl (C=O) groups is 2. The van der Waals surface area contributed by atoms with Gasteiger partial charge in [-0.05, 0) is 50.6 Å². The van der Waals surface area contributed by atoms with Crippen molar-refractivity contribution in [1.82, 2.24) is 9.88 Å². The zero-order chi connectivity index (χ0) is 17.6. The lowest BCUT2D eigenvalue weighted by molar-refractivity contribution is -0.150. The summed E-state index contributed by atoms with van der Waals surface area (Å²) >= 11 is 0. The highest BCUT2D eigenvalue weighted by Crippen LogP contribution is 2.22. The Morgan fingerprint density at radius 1 is 1.32 bits per heavy atom. The van der Waals surface area contributed by atoms with E-state index in [4.69, 9.17) is 4.74 Å². The van der Waals surface area contributed by atoms with Crippen molar-refractivity contribution in [2.75, 3.05) is 31.6 Å². The normalized spacial score (nSPS) is 18.0. The molecule has 2 aromatic rings. The lowest BCUT2D eigenvalue weighted by Gasteiger charge is -2.30. The van der Waals surface area contributed by atoms with E-state index in [2.05, 4.69) is 10.3 Å². The van der Waals surface area contributed by atoms with E-state index in [1.54, 1.807) is 6.20 Å². The van der Waals surface area contributed by atoms with E-state index in [1.165, 1.54) is 0 Å². The predicted molar refractivity (Wildman–Crippen MR) is 96.2 cm³/mol. The fraction of sp³-hybridized carbons (Fsp3) is 0.421. The van der Waals surface area contributed by atoms with Crippen molar-refractivity contribution in [1.29, 1.82) is 0 Å². The number of benzene rings is 1. The third-order valence-corrected chi connectivity index (χ3v) is 4.41. The van der Waals surface area contributed by atoms with E-state index >= 15 is 0 Å². The average molecular weight is 341 g/mol. The first-order chi connectivity index (χ1) is 12.2. The molecule has 6 nitrogen and oxygen atoms in total. The van der Waals surface area contributed by atoms with Crippen molar-refractivity contribution in [2.45, 2.75) is 19.8 Å². The molecular formula is C19H23N3O3. The number of aromatic nitrogens is 1. The van der Waals surface area contributed by atoms with Gasteiger partial charge in [0, 0.05) is 18.1 Å². The molecule has 1 fully saturated rings. The molecule has 0 saturated carbocycles. The number of ether oxygens (including phenoxy) is 1. The minimum absolute atomic E-state index is 0.0825. The molecule has 0 aliphatic carbocycles. The summed E-state index contributed by atoms with van der Waals surface area (Å²) in [5, 5.41) is 3.88. The molecule has 1 aromatic heterocycles. The average Bonchev–Trinajstić information content (AvgIpc) is 2.62. The van der Waals surface area contributed by atoms with E-state index in [-0.39, 0.29) is 24.3 Å². The molecule has 1 saturated heterocycles. The van der Waals surface area contributed by atoms with Crippen LogP contribution in [0.25, 0.3) is 10.9 Å². The van der Waals surface area contributed by atoms with Crippen molar-refractivity contribution >= 4 is 28.5 Å². The number of likely N-dealkylation sites (tertiary alicyclic amines) is 1. The summed E-state index contributed by atoms with van der Waals surface area (Å²) in [6.07, 6.45) is 3.46. The van der Waals surface area contributed by atoms with E-state index < -0.39 is 0 Å². The molecule has 2 heterocycles. The van der Waals surface area contributed by atoms with Gasteiger partial charge in [0.15, 0.2) is 0 Å². The van der Waals surface area contributed by atoms with E-state index in [1.807, 2.05) is 42.2 Å². The molecule has 6 heteroatoms. The van der Waals surface area contributed by atoms with Crippen LogP contribution in [0.3, 0.4) is 0 Å². The fourth-order valence-electron chi connectivity index (χ4n) is 3.26. The number of amides is 1. The van der Waals surface area contributed by atoms with Crippen molar-refractivity contribution in [3.8, 4) is 0 Å². The first-order valence-corrected chi connectivity index (χ1v) is 8.70. The smallest absolute Gasteiger partial charge is 0.310 e. The zero-order valence-electron chi connectivity index (χ0n) is 14.4. The number of hydrogen-bond donors (Lipinski definition) is 1. The molecule has 1 aliphatic rings. The molecule has 1 aliphatic heterocycles. The minimum Gasteiger partial charge on any atom is -0.466 e. The molecular weight excluding hydrogens is 318 g/mol. The Morgan fingerprint density at radius 2 is 2.20 bits per heavy atom. The molecule has 0 bridgehead atoms. The SMILES string of the molecule is CCOC(=O)C1CCCN(CC(=O)Nc2cccc3ncccc23)C1. The van der Waals surface area contributed by atoms with Crippen molar-refractivity contribution in [2.24, 2.45) is 5.92 Å². The van der Waals surface area contributed by atoms with Crippen LogP contribution in [0.1, 0.15) is 19.8 Å². The highest BCUT2D eigenvalue weighted by molar-refractivity contribution is 6.01. The van der Waals surface area contributed by atoms with Crippen LogP contribution in [0.4, 0.5) is 5.69 Å². The van der Waals surface area contributed by atoms with Crippen LogP contribution in [-0.4, -0.2) is 48.0 Å². The first kappa shape index (κ1) is 17.4. The monoisotopic (exact) mass is 341 g/mol. The summed E-state index contributed by atoms with van der Waals surface area (Å²) in [5.41, 5.74) is 1.61. The van der Waals surface area contributed by atoms with Crippen LogP contribution in [-0.2, 0) is 14.3 Å². The van der Waals surface area contributed by atoms with E-state index in [0.717, 1.165) is 36.0 Å². The summed E-state index contributed by atoms with van der Waals surface area (Å²) in [5.74, 6) is -0.378. The Kier molecular flexibility index (Phi) is 5.60. The number of anilines is 1. The van der Waals surface area contributed by atoms with Crippen molar-refractivity contribution in [3.63, 3.8) is 0 Å². The Bertz CT molecular complexity index is 757. The van der Waals surface area contributed by atoms with Gasteiger partial charge in [-0.1, -0.05) is 6.07 Å². The van der Waals surface area contributed by atoms with Gasteiger partial charge in [0.2, 0.25) is 5.91 Å². The van der Waals surface area contributed by atoms with Crippen LogP contribution < -0.4 is 5.32 Å². The quantitative estimate of drug-likeness (QED) is 0.846. The van der Waals surface area contributed by atoms with Gasteiger partial charge in [0.25, 0.3) is 0 Å². The molecule has 1 amide bonds. The highest BCUT2D eigenvalue weighted by atomic mass is 16.5. The van der Waals surface area contributed by atoms with E-state index in [9.17, 15) is 9.59 Å². The largest absolute Gasteiger partial charge is 0.466 e. The summed E-state index contributed by atoms with van der Waals surface area (Å²) in [4.78, 5) is 30.7. The van der Waals surface area contributed by atoms with Crippen molar-refractivity contribution < 1.29 is 14.3 Å². The Morgan fingerprint density at radius 3 is 3.04 bits per heavy atom. The van der Waals surface area contributed by atoms with Gasteiger partial charge >= 0.3 is 5.97 Å². The summed E-state index contributed by atoms with van der Waals surface area (Å²) in [7, 11) is 0. The van der Waals surface area contributed by atoms with Gasteiger partial charge in [0.1, 0.15) is 0 Å². The standard InChI is InChI=1S/C19H23N3O3/c1-2-25-19(24)14-6-5-11-22(12-14)13-18(23)21-17-9-3-8-16-15(17)7-4-10-20-16/h3-4,7-10,14H,2,5-6,11-13H2,1H3,(H,21,23). The van der Waals surface area contributed by atoms with Gasteiger partial charge in [-0.15, -0.1) is 0 Å². The Balaban J connectivity index is 1.61. The van der Waals surface area contributed by atoms with Crippen LogP contribution in [0.2, 0.25) is 0 Å². The van der Waals surface area contributed by atoms with Gasteiger partial charge in [-0.3, -0.25) is 19.5 Å². The van der Waals surface area contributed by atoms with Crippen molar-refractivity contribution in [3.05, 3.63) is 36.5 Å². The maximum Gasteiger partial charge on any atom is 0.310 e. The molecule has 1 aromatic carbocycles. The lowest BCUT2D eigenvalue weighted by atomic mass is 9.98. The second-order valence-electron chi connectivity index (χ2n) is 6.25. The zero-order valence-corrected chi connectivity index (χ0v) is 14.4. The summed E-state index contributed by atoms with van der Waals surface area (Å²) in [6.45, 7) is 3.87. The highest BCUT2D eigenvalue weighted by Gasteiger charge is 2.27. The Labute approximate surface area is 147 Å². The summed E-state index contributed by atoms with van der Waals surface area (Å²) < 4.78 is 5.11. The van der Waals surface area contributed by atoms with Gasteiger partial charge in [-0.2, -0.15) is 0 Å². The van der Waals surface area contributed by atoms with E-state index in [0.29, 0.717) is 13.2 Å². The van der Waals surface area contributed by atoms with Crippen LogP contribution in [0.5, 0.6) is 0 Å². The molecule has 3 rings (SSSR count). The molecule has 25 heavy (non-hydrogen) atoms. The number of pyridine rings is 1. The second kappa shape index (κ2) is 8.07. The summed E-state index contributed by atoms with van der Waals surface area (Å²) in [6, 6.07) is 9.46. The number of hydrogen-bond acceptors (Lipinski definition) is 5. The van der Waals surface area contributed by atoms with Gasteiger partial charge < -0.3 is 10.1 Å². The van der Waals surface area contributed by atoms with Gasteiger partial charge in [0.05, 0.1) is 30.3 Å². The number of fused-ring (bicyclic) bond motifs is 1. The number of piperidine rings is 1. The van der Waals surface area contributed by atoms with Gasteiger partial charge in [-0.25, -0.2) is 0 Å². The predicted octanol–water partition coefficient (Wildman–Crippen LogP) is 2.45. The number of rotatable bonds is 5. The molecule has 0 spiro atoms. The third-order valence-electron chi connectivity index (χ3n) is 4.41. The Hall–Kier alpha value is -2.47.